The van der Waals surface area contributed by atoms with Gasteiger partial charge in [0.15, 0.2) is 5.75 Å². The summed E-state index contributed by atoms with van der Waals surface area (Å²) in [5.41, 5.74) is 8.68. The fourth-order valence-corrected chi connectivity index (χ4v) is 4.82. The van der Waals surface area contributed by atoms with E-state index < -0.39 is 12.1 Å². The van der Waals surface area contributed by atoms with Crippen molar-refractivity contribution in [2.45, 2.75) is 38.7 Å². The van der Waals surface area contributed by atoms with Crippen LogP contribution in [0.3, 0.4) is 0 Å². The predicted octanol–water partition coefficient (Wildman–Crippen LogP) is 7.49. The Morgan fingerprint density at radius 3 is 2.16 bits per heavy atom. The summed E-state index contributed by atoms with van der Waals surface area (Å²) in [4.78, 5) is 37.0. The van der Waals surface area contributed by atoms with Gasteiger partial charge in [0, 0.05) is 31.5 Å². The van der Waals surface area contributed by atoms with E-state index in [1.165, 1.54) is 6.07 Å². The molecule has 8 nitrogen and oxygen atoms in total. The van der Waals surface area contributed by atoms with Crippen LogP contribution in [0.4, 0.5) is 23.2 Å². The van der Waals surface area contributed by atoms with E-state index in [-0.39, 0.29) is 43.6 Å². The molecule has 0 radical (unpaired) electrons. The molecule has 5 aromatic carbocycles. The number of alkyl halides is 3. The van der Waals surface area contributed by atoms with Crippen molar-refractivity contribution in [2.24, 2.45) is 5.73 Å². The van der Waals surface area contributed by atoms with Gasteiger partial charge in [-0.3, -0.25) is 9.59 Å². The number of nitrogens with zero attached hydrogens (tertiary/aromatic N) is 1. The Morgan fingerprint density at radius 1 is 0.796 bits per heavy atom. The summed E-state index contributed by atoms with van der Waals surface area (Å²) in [5, 5.41) is 11.9. The summed E-state index contributed by atoms with van der Waals surface area (Å²) in [6.45, 7) is 0.710. The average Bonchev–Trinajstić information content (AvgIpc) is 3.09. The molecule has 0 aromatic heterocycles. The summed E-state index contributed by atoms with van der Waals surface area (Å²) in [7, 11) is 0. The largest absolute Gasteiger partial charge is 0.490 e. The number of benzene rings is 5. The van der Waals surface area contributed by atoms with Crippen LogP contribution in [0, 0.1) is 5.82 Å². The summed E-state index contributed by atoms with van der Waals surface area (Å²) in [6, 6.07) is 35.2. The third-order valence-corrected chi connectivity index (χ3v) is 7.27. The molecule has 0 aliphatic rings. The molecule has 0 bridgehead atoms. The number of carbonyl (C=O) groups is 3. The Hall–Kier alpha value is -5.75. The molecular formula is C37H33F4N3O5. The minimum absolute atomic E-state index is 0.0368. The predicted molar refractivity (Wildman–Crippen MR) is 177 cm³/mol. The Kier molecular flexibility index (Phi) is 12.4. The number of amides is 2. The van der Waals surface area contributed by atoms with Gasteiger partial charge in [0.1, 0.15) is 11.6 Å². The second-order valence-electron chi connectivity index (χ2n) is 10.7. The Morgan fingerprint density at radius 2 is 1.43 bits per heavy atom. The maximum Gasteiger partial charge on any atom is 0.490 e. The summed E-state index contributed by atoms with van der Waals surface area (Å²) in [6.07, 6.45) is -5.16. The SMILES string of the molecule is NCc1cccc(Oc2ccccc2N(Cc2cccc3ccccc23)C(=O)CCC(=O)NCc2ccccc2F)c1.O=C(O)C(F)(F)F. The maximum atomic E-state index is 14.0. The van der Waals surface area contributed by atoms with E-state index in [1.807, 2.05) is 91.0 Å². The van der Waals surface area contributed by atoms with E-state index in [2.05, 4.69) is 5.32 Å². The minimum atomic E-state index is -5.08. The monoisotopic (exact) mass is 675 g/mol. The smallest absolute Gasteiger partial charge is 0.475 e. The first-order valence-electron chi connectivity index (χ1n) is 15.1. The number of carboxylic acids is 1. The van der Waals surface area contributed by atoms with E-state index >= 15 is 0 Å². The lowest BCUT2D eigenvalue weighted by atomic mass is 10.0. The number of aliphatic carboxylic acids is 1. The van der Waals surface area contributed by atoms with Crippen LogP contribution in [0.1, 0.15) is 29.5 Å². The molecule has 0 aliphatic carbocycles. The molecule has 0 saturated carbocycles. The van der Waals surface area contributed by atoms with Gasteiger partial charge in [0.25, 0.3) is 0 Å². The van der Waals surface area contributed by atoms with Crippen LogP contribution >= 0.6 is 0 Å². The first kappa shape index (κ1) is 36.1. The van der Waals surface area contributed by atoms with E-state index in [0.717, 1.165) is 21.9 Å². The fourth-order valence-electron chi connectivity index (χ4n) is 4.82. The third-order valence-electron chi connectivity index (χ3n) is 7.27. The fraction of sp³-hybridized carbons (Fsp3) is 0.162. The molecule has 0 unspecified atom stereocenters. The normalized spacial score (nSPS) is 10.9. The molecule has 0 fully saturated rings. The van der Waals surface area contributed by atoms with Gasteiger partial charge < -0.3 is 25.8 Å². The number of rotatable bonds is 11. The Bertz CT molecular complexity index is 1910. The molecule has 12 heteroatoms. The van der Waals surface area contributed by atoms with E-state index in [4.69, 9.17) is 20.4 Å². The third kappa shape index (κ3) is 10.4. The molecule has 2 amide bonds. The lowest BCUT2D eigenvalue weighted by molar-refractivity contribution is -0.192. The molecule has 0 aliphatic heterocycles. The van der Waals surface area contributed by atoms with Gasteiger partial charge in [-0.05, 0) is 52.2 Å². The minimum Gasteiger partial charge on any atom is -0.475 e. The number of anilines is 1. The highest BCUT2D eigenvalue weighted by Crippen LogP contribution is 2.35. The van der Waals surface area contributed by atoms with Crippen molar-refractivity contribution in [3.8, 4) is 11.5 Å². The zero-order valence-corrected chi connectivity index (χ0v) is 26.1. The van der Waals surface area contributed by atoms with Gasteiger partial charge in [-0.2, -0.15) is 13.2 Å². The van der Waals surface area contributed by atoms with Gasteiger partial charge in [-0.25, -0.2) is 9.18 Å². The van der Waals surface area contributed by atoms with Gasteiger partial charge >= 0.3 is 12.1 Å². The highest BCUT2D eigenvalue weighted by molar-refractivity contribution is 5.97. The molecular weight excluding hydrogens is 642 g/mol. The van der Waals surface area contributed by atoms with E-state index in [9.17, 15) is 27.2 Å². The van der Waals surface area contributed by atoms with Crippen LogP contribution in [0.25, 0.3) is 10.8 Å². The number of halogens is 4. The van der Waals surface area contributed by atoms with Gasteiger partial charge in [-0.15, -0.1) is 0 Å². The van der Waals surface area contributed by atoms with Crippen molar-refractivity contribution in [3.63, 3.8) is 0 Å². The number of carbonyl (C=O) groups excluding carboxylic acids is 2. The first-order chi connectivity index (χ1) is 23.5. The lowest BCUT2D eigenvalue weighted by Crippen LogP contribution is -2.32. The molecule has 0 saturated heterocycles. The highest BCUT2D eigenvalue weighted by Gasteiger charge is 2.38. The van der Waals surface area contributed by atoms with Crippen LogP contribution in [-0.2, 0) is 34.0 Å². The van der Waals surface area contributed by atoms with Crippen molar-refractivity contribution >= 4 is 34.2 Å². The van der Waals surface area contributed by atoms with Crippen molar-refractivity contribution in [2.75, 3.05) is 4.90 Å². The highest BCUT2D eigenvalue weighted by atomic mass is 19.4. The van der Waals surface area contributed by atoms with Crippen molar-refractivity contribution < 1.29 is 41.8 Å². The lowest BCUT2D eigenvalue weighted by Gasteiger charge is -2.26. The Labute approximate surface area is 279 Å². The summed E-state index contributed by atoms with van der Waals surface area (Å²) >= 11 is 0. The molecule has 0 spiro atoms. The van der Waals surface area contributed by atoms with Crippen LogP contribution in [0.15, 0.2) is 115 Å². The van der Waals surface area contributed by atoms with E-state index in [0.29, 0.717) is 29.3 Å². The van der Waals surface area contributed by atoms with Crippen molar-refractivity contribution in [1.29, 1.82) is 0 Å². The topological polar surface area (TPSA) is 122 Å². The van der Waals surface area contributed by atoms with Gasteiger partial charge in [0.2, 0.25) is 11.8 Å². The number of ether oxygens (including phenoxy) is 1. The van der Waals surface area contributed by atoms with Crippen molar-refractivity contribution in [1.82, 2.24) is 5.32 Å². The number of nitrogens with one attached hydrogen (secondary N) is 1. The molecule has 4 N–H and O–H groups in total. The number of carboxylic acid groups (broad SMARTS) is 1. The zero-order valence-electron chi connectivity index (χ0n) is 26.1. The quantitative estimate of drug-likeness (QED) is 0.125. The molecule has 0 atom stereocenters. The molecule has 49 heavy (non-hydrogen) atoms. The van der Waals surface area contributed by atoms with E-state index in [1.54, 1.807) is 23.1 Å². The second-order valence-corrected chi connectivity index (χ2v) is 10.7. The van der Waals surface area contributed by atoms with Crippen LogP contribution in [0.2, 0.25) is 0 Å². The van der Waals surface area contributed by atoms with Crippen molar-refractivity contribution in [3.05, 3.63) is 138 Å². The molecule has 0 heterocycles. The number of hydrogen-bond acceptors (Lipinski definition) is 5. The maximum absolute atomic E-state index is 14.0. The second kappa shape index (κ2) is 16.9. The first-order valence-corrected chi connectivity index (χ1v) is 15.1. The summed E-state index contributed by atoms with van der Waals surface area (Å²) < 4.78 is 52.0. The Balaban J connectivity index is 0.000000698. The molecule has 5 aromatic rings. The average molecular weight is 676 g/mol. The number of nitrogens with two attached hydrogens (primary N) is 1. The van der Waals surface area contributed by atoms with Gasteiger partial charge in [0.05, 0.1) is 12.2 Å². The summed E-state index contributed by atoms with van der Waals surface area (Å²) in [5.74, 6) is -2.61. The van der Waals surface area contributed by atoms with Crippen LogP contribution < -0.4 is 20.7 Å². The molecule has 5 rings (SSSR count). The van der Waals surface area contributed by atoms with Crippen LogP contribution in [0.5, 0.6) is 11.5 Å². The molecule has 254 valence electrons. The van der Waals surface area contributed by atoms with Crippen LogP contribution in [-0.4, -0.2) is 29.1 Å². The number of hydrogen-bond donors (Lipinski definition) is 3. The number of para-hydroxylation sites is 2. The standard InChI is InChI=1S/C35H32FN3O3.C2HF3O2/c36-31-16-4-2-11-27(31)23-38-34(40)19-20-35(41)39(24-28-13-8-12-26-10-1-3-15-30(26)28)32-17-5-6-18-33(32)42-29-14-7-9-25(21-29)22-37;3-2(4,5)1(6)7/h1-18,21H,19-20,22-24,37H2,(H,38,40);(H,6,7). The zero-order chi connectivity index (χ0) is 35.4. The van der Waals surface area contributed by atoms with Gasteiger partial charge in [-0.1, -0.05) is 84.9 Å². The number of fused-ring (bicyclic) bond motifs is 1.